The first-order valence-corrected chi connectivity index (χ1v) is 5.70. The Balaban J connectivity index is 2.20. The number of aromatic nitrogens is 1. The molecule has 0 amide bonds. The third-order valence-corrected chi connectivity index (χ3v) is 3.09. The van der Waals surface area contributed by atoms with Crippen LogP contribution < -0.4 is 10.6 Å². The van der Waals surface area contributed by atoms with Gasteiger partial charge in [-0.15, -0.1) is 0 Å². The molecule has 3 heteroatoms. The van der Waals surface area contributed by atoms with Crippen LogP contribution in [0.2, 0.25) is 0 Å². The molecule has 0 saturated carbocycles. The lowest BCUT2D eigenvalue weighted by molar-refractivity contribution is 0.462. The van der Waals surface area contributed by atoms with E-state index >= 15 is 0 Å². The van der Waals surface area contributed by atoms with E-state index in [-0.39, 0.29) is 0 Å². The molecule has 2 heterocycles. The number of nitrogens with two attached hydrogens (primary N) is 1. The zero-order valence-electron chi connectivity index (χ0n) is 9.32. The first kappa shape index (κ1) is 10.4. The number of rotatable bonds is 2. The average molecular weight is 205 g/mol. The molecule has 2 N–H and O–H groups in total. The Morgan fingerprint density at radius 3 is 3.13 bits per heavy atom. The highest BCUT2D eigenvalue weighted by atomic mass is 15.2. The van der Waals surface area contributed by atoms with Crippen LogP contribution in [0.25, 0.3) is 0 Å². The van der Waals surface area contributed by atoms with Gasteiger partial charge in [0.1, 0.15) is 5.82 Å². The molecule has 0 radical (unpaired) electrons. The van der Waals surface area contributed by atoms with E-state index in [4.69, 9.17) is 5.73 Å². The van der Waals surface area contributed by atoms with Gasteiger partial charge in [-0.3, -0.25) is 0 Å². The molecule has 2 rings (SSSR count). The third-order valence-electron chi connectivity index (χ3n) is 3.09. The number of nitrogens with zero attached hydrogens (tertiary/aromatic N) is 2. The lowest BCUT2D eigenvalue weighted by atomic mass is 10.0. The molecule has 1 aliphatic heterocycles. The Bertz CT molecular complexity index is 324. The quantitative estimate of drug-likeness (QED) is 0.799. The molecule has 82 valence electrons. The van der Waals surface area contributed by atoms with Crippen LogP contribution in [0.1, 0.15) is 24.8 Å². The molecule has 1 aromatic heterocycles. The van der Waals surface area contributed by atoms with Crippen molar-refractivity contribution in [3.63, 3.8) is 0 Å². The number of hydrogen-bond donors (Lipinski definition) is 1. The second-order valence-corrected chi connectivity index (χ2v) is 4.27. The van der Waals surface area contributed by atoms with Crippen molar-refractivity contribution in [1.82, 2.24) is 4.98 Å². The van der Waals surface area contributed by atoms with Crippen molar-refractivity contribution in [3.8, 4) is 0 Å². The van der Waals surface area contributed by atoms with Crippen molar-refractivity contribution in [2.75, 3.05) is 18.0 Å². The number of anilines is 1. The van der Waals surface area contributed by atoms with E-state index in [0.717, 1.165) is 18.9 Å². The van der Waals surface area contributed by atoms with Gasteiger partial charge in [0.05, 0.1) is 0 Å². The van der Waals surface area contributed by atoms with Gasteiger partial charge >= 0.3 is 0 Å². The minimum Gasteiger partial charge on any atom is -0.352 e. The van der Waals surface area contributed by atoms with Crippen LogP contribution in [0.15, 0.2) is 18.3 Å². The molecule has 0 bridgehead atoms. The fraction of sp³-hybridized carbons (Fsp3) is 0.583. The zero-order chi connectivity index (χ0) is 10.7. The number of hydrogen-bond acceptors (Lipinski definition) is 3. The van der Waals surface area contributed by atoms with Crippen LogP contribution in [0, 0.1) is 6.92 Å². The summed E-state index contributed by atoms with van der Waals surface area (Å²) in [4.78, 5) is 6.79. The Morgan fingerprint density at radius 2 is 2.40 bits per heavy atom. The van der Waals surface area contributed by atoms with Gasteiger partial charge in [-0.2, -0.15) is 0 Å². The Morgan fingerprint density at radius 1 is 1.53 bits per heavy atom. The molecule has 0 spiro atoms. The highest BCUT2D eigenvalue weighted by Crippen LogP contribution is 2.22. The highest BCUT2D eigenvalue weighted by molar-refractivity contribution is 5.42. The van der Waals surface area contributed by atoms with Gasteiger partial charge in [-0.25, -0.2) is 4.98 Å². The first-order chi connectivity index (χ1) is 7.31. The van der Waals surface area contributed by atoms with Gasteiger partial charge in [0.15, 0.2) is 0 Å². The monoisotopic (exact) mass is 205 g/mol. The van der Waals surface area contributed by atoms with Crippen LogP contribution in [-0.4, -0.2) is 24.1 Å². The molecular weight excluding hydrogens is 186 g/mol. The van der Waals surface area contributed by atoms with Crippen LogP contribution in [0.5, 0.6) is 0 Å². The summed E-state index contributed by atoms with van der Waals surface area (Å²) >= 11 is 0. The summed E-state index contributed by atoms with van der Waals surface area (Å²) in [5, 5.41) is 0. The molecule has 1 aromatic rings. The minimum atomic E-state index is 0.480. The average Bonchev–Trinajstić information content (AvgIpc) is 2.29. The molecule has 15 heavy (non-hydrogen) atoms. The summed E-state index contributed by atoms with van der Waals surface area (Å²) in [7, 11) is 0. The Kier molecular flexibility index (Phi) is 3.21. The lowest BCUT2D eigenvalue weighted by Crippen LogP contribution is -2.44. The van der Waals surface area contributed by atoms with Crippen molar-refractivity contribution < 1.29 is 0 Å². The van der Waals surface area contributed by atoms with Crippen LogP contribution in [-0.2, 0) is 0 Å². The third kappa shape index (κ3) is 2.29. The van der Waals surface area contributed by atoms with Gasteiger partial charge in [0.2, 0.25) is 0 Å². The van der Waals surface area contributed by atoms with E-state index in [1.54, 1.807) is 0 Å². The SMILES string of the molecule is Cc1ccnc(N2CCCC[C@H]2CN)c1. The lowest BCUT2D eigenvalue weighted by Gasteiger charge is -2.36. The summed E-state index contributed by atoms with van der Waals surface area (Å²) in [6, 6.07) is 4.66. The summed E-state index contributed by atoms with van der Waals surface area (Å²) in [6.45, 7) is 3.93. The molecular formula is C12H19N3. The Labute approximate surface area is 91.3 Å². The largest absolute Gasteiger partial charge is 0.352 e. The van der Waals surface area contributed by atoms with Gasteiger partial charge in [-0.05, 0) is 43.9 Å². The molecule has 1 atom stereocenters. The van der Waals surface area contributed by atoms with E-state index in [1.807, 2.05) is 12.3 Å². The van der Waals surface area contributed by atoms with E-state index in [1.165, 1.54) is 24.8 Å². The first-order valence-electron chi connectivity index (χ1n) is 5.70. The fourth-order valence-corrected chi connectivity index (χ4v) is 2.22. The smallest absolute Gasteiger partial charge is 0.129 e. The van der Waals surface area contributed by atoms with Gasteiger partial charge in [0.25, 0.3) is 0 Å². The molecule has 3 nitrogen and oxygen atoms in total. The normalized spacial score (nSPS) is 21.7. The van der Waals surface area contributed by atoms with E-state index in [2.05, 4.69) is 22.9 Å². The maximum absolute atomic E-state index is 5.80. The Hall–Kier alpha value is -1.09. The summed E-state index contributed by atoms with van der Waals surface area (Å²) in [5.74, 6) is 1.09. The molecule has 0 aliphatic carbocycles. The second kappa shape index (κ2) is 4.62. The standard InChI is InChI=1S/C12H19N3/c1-10-5-6-14-12(8-10)15-7-3-2-4-11(15)9-13/h5-6,8,11H,2-4,7,9,13H2,1H3/t11-/m0/s1. The zero-order valence-corrected chi connectivity index (χ0v) is 9.32. The summed E-state index contributed by atoms with van der Waals surface area (Å²) < 4.78 is 0. The van der Waals surface area contributed by atoms with Gasteiger partial charge in [-0.1, -0.05) is 0 Å². The summed E-state index contributed by atoms with van der Waals surface area (Å²) in [6.07, 6.45) is 5.63. The number of pyridine rings is 1. The molecule has 0 unspecified atom stereocenters. The topological polar surface area (TPSA) is 42.2 Å². The van der Waals surface area contributed by atoms with Crippen molar-refractivity contribution in [2.24, 2.45) is 5.73 Å². The molecule has 0 aromatic carbocycles. The van der Waals surface area contributed by atoms with Crippen molar-refractivity contribution in [3.05, 3.63) is 23.9 Å². The maximum atomic E-state index is 5.80. The minimum absolute atomic E-state index is 0.480. The van der Waals surface area contributed by atoms with Crippen LogP contribution in [0.4, 0.5) is 5.82 Å². The number of piperidine rings is 1. The predicted octanol–water partition coefficient (Wildman–Crippen LogP) is 1.71. The van der Waals surface area contributed by atoms with Crippen molar-refractivity contribution in [1.29, 1.82) is 0 Å². The van der Waals surface area contributed by atoms with Crippen LogP contribution >= 0.6 is 0 Å². The van der Waals surface area contributed by atoms with Crippen molar-refractivity contribution in [2.45, 2.75) is 32.2 Å². The second-order valence-electron chi connectivity index (χ2n) is 4.27. The summed E-state index contributed by atoms with van der Waals surface area (Å²) in [5.41, 5.74) is 7.06. The maximum Gasteiger partial charge on any atom is 0.129 e. The van der Waals surface area contributed by atoms with Gasteiger partial charge in [0, 0.05) is 25.3 Å². The fourth-order valence-electron chi connectivity index (χ4n) is 2.22. The highest BCUT2D eigenvalue weighted by Gasteiger charge is 2.21. The van der Waals surface area contributed by atoms with Crippen molar-refractivity contribution >= 4 is 5.82 Å². The predicted molar refractivity (Wildman–Crippen MR) is 63.0 cm³/mol. The molecule has 1 saturated heterocycles. The van der Waals surface area contributed by atoms with E-state index in [9.17, 15) is 0 Å². The van der Waals surface area contributed by atoms with Gasteiger partial charge < -0.3 is 10.6 Å². The van der Waals surface area contributed by atoms with Crippen LogP contribution in [0.3, 0.4) is 0 Å². The molecule has 1 fully saturated rings. The van der Waals surface area contributed by atoms with E-state index < -0.39 is 0 Å². The van der Waals surface area contributed by atoms with E-state index in [0.29, 0.717) is 6.04 Å². The number of aryl methyl sites for hydroxylation is 1. The molecule has 1 aliphatic rings.